The van der Waals surface area contributed by atoms with Crippen molar-refractivity contribution in [3.8, 4) is 5.75 Å². The summed E-state index contributed by atoms with van der Waals surface area (Å²) in [5.41, 5.74) is 2.22. The minimum Gasteiger partial charge on any atom is -0.492 e. The standard InChI is InChI=1S/C40H60N4O6/c1-40(2,3)50-39(48)41-34(25-28-10-6-5-7-11-28)35(45)27-31(38(47)42-37-33-13-9-8-12-30(33)26-36(37)46)24-29-14-16-32(17-15-29)49-23-22-44-20-18-43(4)19-21-44/h8-9,12-17,28,31,34-37,45-46H,5-7,10-11,18-27H2,1-4H3,(H,41,48)(H,42,47)/t31?,34?,35?,36-,37-/m0/s1. The summed E-state index contributed by atoms with van der Waals surface area (Å²) in [5, 5.41) is 28.8. The number of rotatable bonds is 14. The number of carbonyl (C=O) groups excluding carboxylic acids is 2. The molecule has 50 heavy (non-hydrogen) atoms. The smallest absolute Gasteiger partial charge is 0.407 e. The van der Waals surface area contributed by atoms with Gasteiger partial charge in [0.1, 0.15) is 18.0 Å². The number of nitrogens with one attached hydrogen (secondary N) is 2. The Morgan fingerprint density at radius 3 is 2.38 bits per heavy atom. The summed E-state index contributed by atoms with van der Waals surface area (Å²) in [6.07, 6.45) is 5.00. The largest absolute Gasteiger partial charge is 0.492 e. The molecule has 0 bridgehead atoms. The van der Waals surface area contributed by atoms with E-state index in [-0.39, 0.29) is 12.3 Å². The molecule has 2 aromatic rings. The summed E-state index contributed by atoms with van der Waals surface area (Å²) >= 11 is 0. The number of hydrogen-bond donors (Lipinski definition) is 4. The van der Waals surface area contributed by atoms with Gasteiger partial charge in [-0.05, 0) is 81.8 Å². The molecule has 5 rings (SSSR count). The highest BCUT2D eigenvalue weighted by atomic mass is 16.6. The van der Waals surface area contributed by atoms with Crippen LogP contribution in [-0.4, -0.2) is 102 Å². The maximum Gasteiger partial charge on any atom is 0.407 e. The predicted octanol–water partition coefficient (Wildman–Crippen LogP) is 4.86. The normalized spacial score (nSPS) is 22.3. The third-order valence-corrected chi connectivity index (χ3v) is 10.6. The van der Waals surface area contributed by atoms with E-state index in [1.165, 1.54) is 6.42 Å². The molecule has 10 heteroatoms. The summed E-state index contributed by atoms with van der Waals surface area (Å²) in [6, 6.07) is 14.6. The van der Waals surface area contributed by atoms with Crippen molar-refractivity contribution in [2.45, 2.75) is 108 Å². The Labute approximate surface area is 298 Å². The molecule has 2 aromatic carbocycles. The minimum atomic E-state index is -0.974. The van der Waals surface area contributed by atoms with E-state index >= 15 is 0 Å². The van der Waals surface area contributed by atoms with Crippen LogP contribution in [0.15, 0.2) is 48.5 Å². The topological polar surface area (TPSA) is 124 Å². The lowest BCUT2D eigenvalue weighted by atomic mass is 9.82. The van der Waals surface area contributed by atoms with Crippen molar-refractivity contribution in [2.24, 2.45) is 11.8 Å². The lowest BCUT2D eigenvalue weighted by Gasteiger charge is -2.32. The Balaban J connectivity index is 1.28. The van der Waals surface area contributed by atoms with Crippen molar-refractivity contribution in [3.63, 3.8) is 0 Å². The number of fused-ring (bicyclic) bond motifs is 1. The Hall–Kier alpha value is -3.18. The van der Waals surface area contributed by atoms with Crippen molar-refractivity contribution >= 4 is 12.0 Å². The summed E-state index contributed by atoms with van der Waals surface area (Å²) in [4.78, 5) is 31.8. The SMILES string of the molecule is CN1CCN(CCOc2ccc(CC(CC(O)C(CC3CCCCC3)NC(=O)OC(C)(C)C)C(=O)N[C@H]3c4ccccc4C[C@@H]3O)cc2)CC1. The van der Waals surface area contributed by atoms with E-state index in [4.69, 9.17) is 9.47 Å². The van der Waals surface area contributed by atoms with E-state index in [1.807, 2.05) is 69.3 Å². The minimum absolute atomic E-state index is 0.146. The number of benzene rings is 2. The number of aliphatic hydroxyl groups excluding tert-OH is 2. The molecule has 3 unspecified atom stereocenters. The van der Waals surface area contributed by atoms with Gasteiger partial charge in [-0.2, -0.15) is 0 Å². The van der Waals surface area contributed by atoms with Crippen LogP contribution in [0.25, 0.3) is 0 Å². The molecular formula is C40H60N4O6. The zero-order chi connectivity index (χ0) is 35.7. The maximum absolute atomic E-state index is 14.1. The van der Waals surface area contributed by atoms with Crippen molar-refractivity contribution < 1.29 is 29.3 Å². The second-order valence-electron chi connectivity index (χ2n) is 15.8. The molecule has 4 N–H and O–H groups in total. The van der Waals surface area contributed by atoms with Gasteiger partial charge in [-0.3, -0.25) is 9.69 Å². The molecule has 2 amide bonds. The van der Waals surface area contributed by atoms with E-state index in [1.54, 1.807) is 0 Å². The molecular weight excluding hydrogens is 632 g/mol. The molecule has 0 radical (unpaired) electrons. The van der Waals surface area contributed by atoms with Gasteiger partial charge >= 0.3 is 6.09 Å². The van der Waals surface area contributed by atoms with E-state index in [0.717, 1.165) is 80.8 Å². The second-order valence-corrected chi connectivity index (χ2v) is 15.8. The van der Waals surface area contributed by atoms with E-state index in [2.05, 4.69) is 27.5 Å². The molecule has 10 nitrogen and oxygen atoms in total. The number of likely N-dealkylation sites (N-methyl/N-ethyl adjacent to an activating group) is 1. The second kappa shape index (κ2) is 17.8. The molecule has 1 saturated carbocycles. The highest BCUT2D eigenvalue weighted by Gasteiger charge is 2.36. The molecule has 2 fully saturated rings. The third kappa shape index (κ3) is 11.4. The zero-order valence-electron chi connectivity index (χ0n) is 30.6. The molecule has 1 heterocycles. The molecule has 276 valence electrons. The summed E-state index contributed by atoms with van der Waals surface area (Å²) in [6.45, 7) is 11.2. The Morgan fingerprint density at radius 1 is 0.980 bits per heavy atom. The van der Waals surface area contributed by atoms with Crippen LogP contribution in [0.2, 0.25) is 0 Å². The van der Waals surface area contributed by atoms with E-state index in [0.29, 0.717) is 31.8 Å². The lowest BCUT2D eigenvalue weighted by molar-refractivity contribution is -0.127. The number of hydrogen-bond acceptors (Lipinski definition) is 8. The lowest BCUT2D eigenvalue weighted by Crippen LogP contribution is -2.48. The Morgan fingerprint density at radius 2 is 1.68 bits per heavy atom. The molecule has 1 saturated heterocycles. The van der Waals surface area contributed by atoms with Gasteiger partial charge in [0.25, 0.3) is 0 Å². The van der Waals surface area contributed by atoms with Crippen LogP contribution >= 0.6 is 0 Å². The fraction of sp³-hybridized carbons (Fsp3) is 0.650. The molecule has 3 aliphatic rings. The van der Waals surface area contributed by atoms with Crippen molar-refractivity contribution in [3.05, 3.63) is 65.2 Å². The number of amides is 2. The van der Waals surface area contributed by atoms with Gasteiger partial charge in [0.15, 0.2) is 0 Å². The average molecular weight is 693 g/mol. The van der Waals surface area contributed by atoms with Gasteiger partial charge in [-0.25, -0.2) is 4.79 Å². The van der Waals surface area contributed by atoms with Crippen molar-refractivity contribution in [1.82, 2.24) is 20.4 Å². The van der Waals surface area contributed by atoms with Gasteiger partial charge in [-0.1, -0.05) is 68.5 Å². The van der Waals surface area contributed by atoms with Gasteiger partial charge in [-0.15, -0.1) is 0 Å². The number of piperazine rings is 1. The van der Waals surface area contributed by atoms with Gasteiger partial charge in [0.2, 0.25) is 5.91 Å². The highest BCUT2D eigenvalue weighted by Crippen LogP contribution is 2.33. The highest BCUT2D eigenvalue weighted by molar-refractivity contribution is 5.80. The fourth-order valence-electron chi connectivity index (χ4n) is 7.68. The molecule has 0 aromatic heterocycles. The van der Waals surface area contributed by atoms with Crippen LogP contribution < -0.4 is 15.4 Å². The number of nitrogens with zero attached hydrogens (tertiary/aromatic N) is 2. The molecule has 1 aliphatic heterocycles. The predicted molar refractivity (Wildman–Crippen MR) is 195 cm³/mol. The van der Waals surface area contributed by atoms with Crippen molar-refractivity contribution in [2.75, 3.05) is 46.4 Å². The van der Waals surface area contributed by atoms with Crippen LogP contribution in [0.1, 0.15) is 88.4 Å². The quantitative estimate of drug-likeness (QED) is 0.222. The number of carbonyl (C=O) groups is 2. The zero-order valence-corrected chi connectivity index (χ0v) is 30.6. The molecule has 2 aliphatic carbocycles. The van der Waals surface area contributed by atoms with Gasteiger partial charge < -0.3 is 35.2 Å². The molecule has 0 spiro atoms. The number of aliphatic hydroxyl groups is 2. The first-order valence-corrected chi connectivity index (χ1v) is 18.8. The monoisotopic (exact) mass is 692 g/mol. The fourth-order valence-corrected chi connectivity index (χ4v) is 7.68. The number of alkyl carbamates (subject to hydrolysis) is 1. The first-order chi connectivity index (χ1) is 23.9. The summed E-state index contributed by atoms with van der Waals surface area (Å²) in [5.74, 6) is 0.331. The third-order valence-electron chi connectivity index (χ3n) is 10.6. The van der Waals surface area contributed by atoms with Crippen LogP contribution in [-0.2, 0) is 22.4 Å². The van der Waals surface area contributed by atoms with E-state index < -0.39 is 41.9 Å². The summed E-state index contributed by atoms with van der Waals surface area (Å²) in [7, 11) is 2.15. The van der Waals surface area contributed by atoms with Crippen LogP contribution in [0.3, 0.4) is 0 Å². The Kier molecular flexibility index (Phi) is 13.6. The van der Waals surface area contributed by atoms with Crippen LogP contribution in [0.5, 0.6) is 5.75 Å². The first-order valence-electron chi connectivity index (χ1n) is 18.8. The number of ether oxygens (including phenoxy) is 2. The van der Waals surface area contributed by atoms with Gasteiger partial charge in [0.05, 0.1) is 24.3 Å². The maximum atomic E-state index is 14.1. The average Bonchev–Trinajstić information content (AvgIpc) is 3.39. The van der Waals surface area contributed by atoms with Crippen LogP contribution in [0.4, 0.5) is 4.79 Å². The first kappa shape index (κ1) is 38.1. The van der Waals surface area contributed by atoms with E-state index in [9.17, 15) is 19.8 Å². The van der Waals surface area contributed by atoms with Gasteiger partial charge in [0, 0.05) is 45.1 Å². The summed E-state index contributed by atoms with van der Waals surface area (Å²) < 4.78 is 11.6. The van der Waals surface area contributed by atoms with Crippen LogP contribution in [0, 0.1) is 11.8 Å². The Bertz CT molecular complexity index is 1370. The van der Waals surface area contributed by atoms with Crippen molar-refractivity contribution in [1.29, 1.82) is 0 Å². The molecule has 5 atom stereocenters.